The molecule has 33 heavy (non-hydrogen) atoms. The van der Waals surface area contributed by atoms with E-state index in [9.17, 15) is 13.6 Å². The summed E-state index contributed by atoms with van der Waals surface area (Å²) in [6.45, 7) is 3.76. The number of anilines is 1. The summed E-state index contributed by atoms with van der Waals surface area (Å²) in [4.78, 5) is 12.8. The number of nitrogens with zero attached hydrogens (tertiary/aromatic N) is 3. The minimum absolute atomic E-state index is 0.0166. The first-order valence-corrected chi connectivity index (χ1v) is 10.3. The first-order chi connectivity index (χ1) is 15.8. The molecule has 0 aliphatic rings. The Morgan fingerprint density at radius 2 is 2.00 bits per heavy atom. The Balaban J connectivity index is 1.47. The third-order valence-electron chi connectivity index (χ3n) is 4.91. The SMILES string of the molecule is Cc1onc(C(=O)Nc2cc(C)n(Cc3cccc(Cl)c3)n2)c1COc1ccc(F)cc1F. The number of rotatable bonds is 7. The second kappa shape index (κ2) is 9.41. The van der Waals surface area contributed by atoms with Gasteiger partial charge in [0.1, 0.15) is 18.2 Å². The van der Waals surface area contributed by atoms with E-state index in [1.165, 1.54) is 6.07 Å². The lowest BCUT2D eigenvalue weighted by Crippen LogP contribution is -2.16. The molecule has 2 heterocycles. The van der Waals surface area contributed by atoms with Crippen molar-refractivity contribution in [3.63, 3.8) is 0 Å². The van der Waals surface area contributed by atoms with Gasteiger partial charge >= 0.3 is 0 Å². The number of ether oxygens (including phenoxy) is 1. The van der Waals surface area contributed by atoms with Gasteiger partial charge in [0.15, 0.2) is 23.1 Å². The highest BCUT2D eigenvalue weighted by atomic mass is 35.5. The first kappa shape index (κ1) is 22.5. The van der Waals surface area contributed by atoms with Crippen molar-refractivity contribution in [3.05, 3.63) is 93.5 Å². The molecule has 2 aromatic heterocycles. The van der Waals surface area contributed by atoms with Crippen LogP contribution in [0.1, 0.15) is 33.1 Å². The summed E-state index contributed by atoms with van der Waals surface area (Å²) in [6, 6.07) is 12.1. The summed E-state index contributed by atoms with van der Waals surface area (Å²) in [5.74, 6) is -1.61. The fourth-order valence-electron chi connectivity index (χ4n) is 3.20. The molecule has 4 rings (SSSR count). The number of carbonyl (C=O) groups is 1. The summed E-state index contributed by atoms with van der Waals surface area (Å²) < 4.78 is 39.2. The molecule has 1 amide bonds. The lowest BCUT2D eigenvalue weighted by Gasteiger charge is -2.08. The first-order valence-electron chi connectivity index (χ1n) is 9.93. The van der Waals surface area contributed by atoms with Crippen LogP contribution in [0.3, 0.4) is 0 Å². The molecule has 0 aliphatic heterocycles. The van der Waals surface area contributed by atoms with Crippen molar-refractivity contribution in [2.75, 3.05) is 5.32 Å². The van der Waals surface area contributed by atoms with Gasteiger partial charge in [-0.15, -0.1) is 0 Å². The molecule has 0 spiro atoms. The van der Waals surface area contributed by atoms with Gasteiger partial charge in [-0.25, -0.2) is 8.78 Å². The smallest absolute Gasteiger partial charge is 0.279 e. The molecule has 0 saturated heterocycles. The van der Waals surface area contributed by atoms with Crippen LogP contribution in [0.5, 0.6) is 5.75 Å². The molecule has 0 bridgehead atoms. The number of halogens is 3. The highest BCUT2D eigenvalue weighted by molar-refractivity contribution is 6.30. The Labute approximate surface area is 192 Å². The van der Waals surface area contributed by atoms with E-state index in [0.29, 0.717) is 34.8 Å². The number of aromatic nitrogens is 3. The molecule has 0 unspecified atom stereocenters. The Kier molecular flexibility index (Phi) is 6.41. The standard InChI is InChI=1S/C23H19ClF2N4O3/c1-13-8-21(28-30(13)11-15-4-3-5-16(24)9-15)27-23(31)22-18(14(2)33-29-22)12-32-20-7-6-17(25)10-19(20)26/h3-10H,11-12H2,1-2H3,(H,27,28,31). The second-order valence-corrected chi connectivity index (χ2v) is 7.78. The van der Waals surface area contributed by atoms with E-state index in [4.69, 9.17) is 20.9 Å². The zero-order chi connectivity index (χ0) is 23.5. The van der Waals surface area contributed by atoms with Crippen molar-refractivity contribution in [1.82, 2.24) is 14.9 Å². The molecular formula is C23H19ClF2N4O3. The van der Waals surface area contributed by atoms with E-state index < -0.39 is 17.5 Å². The topological polar surface area (TPSA) is 82.2 Å². The highest BCUT2D eigenvalue weighted by Gasteiger charge is 2.22. The molecule has 1 N–H and O–H groups in total. The van der Waals surface area contributed by atoms with Crippen LogP contribution in [0.4, 0.5) is 14.6 Å². The number of hydrogen-bond donors (Lipinski definition) is 1. The predicted octanol–water partition coefficient (Wildman–Crippen LogP) is 5.30. The van der Waals surface area contributed by atoms with E-state index in [2.05, 4.69) is 15.6 Å². The quantitative estimate of drug-likeness (QED) is 0.394. The fraction of sp³-hybridized carbons (Fsp3) is 0.174. The maximum Gasteiger partial charge on any atom is 0.279 e. The number of amides is 1. The van der Waals surface area contributed by atoms with Crippen LogP contribution in [0, 0.1) is 25.5 Å². The van der Waals surface area contributed by atoms with Gasteiger partial charge in [-0.3, -0.25) is 9.48 Å². The van der Waals surface area contributed by atoms with Gasteiger partial charge in [0.05, 0.1) is 12.1 Å². The Morgan fingerprint density at radius 1 is 1.18 bits per heavy atom. The number of nitrogens with one attached hydrogen (secondary N) is 1. The van der Waals surface area contributed by atoms with Crippen LogP contribution in [-0.2, 0) is 13.2 Å². The average molecular weight is 473 g/mol. The van der Waals surface area contributed by atoms with Gasteiger partial charge in [0, 0.05) is 22.8 Å². The Hall–Kier alpha value is -3.72. The van der Waals surface area contributed by atoms with Gasteiger partial charge in [-0.05, 0) is 43.7 Å². The molecule has 0 atom stereocenters. The molecule has 2 aromatic carbocycles. The molecular weight excluding hydrogens is 454 g/mol. The fourth-order valence-corrected chi connectivity index (χ4v) is 3.41. The van der Waals surface area contributed by atoms with E-state index in [1.54, 1.807) is 23.7 Å². The van der Waals surface area contributed by atoms with E-state index in [1.807, 2.05) is 25.1 Å². The van der Waals surface area contributed by atoms with Crippen molar-refractivity contribution < 1.29 is 22.8 Å². The molecule has 0 saturated carbocycles. The Morgan fingerprint density at radius 3 is 2.76 bits per heavy atom. The van der Waals surface area contributed by atoms with Crippen molar-refractivity contribution in [2.24, 2.45) is 0 Å². The van der Waals surface area contributed by atoms with Crippen molar-refractivity contribution in [1.29, 1.82) is 0 Å². The third kappa shape index (κ3) is 5.20. The van der Waals surface area contributed by atoms with Gasteiger partial charge < -0.3 is 14.6 Å². The van der Waals surface area contributed by atoms with Gasteiger partial charge in [0.2, 0.25) is 0 Å². The molecule has 4 aromatic rings. The number of benzene rings is 2. The van der Waals surface area contributed by atoms with Crippen LogP contribution >= 0.6 is 11.6 Å². The van der Waals surface area contributed by atoms with Gasteiger partial charge in [-0.1, -0.05) is 28.9 Å². The molecule has 0 aliphatic carbocycles. The number of hydrogen-bond acceptors (Lipinski definition) is 5. The maximum atomic E-state index is 13.8. The minimum Gasteiger partial charge on any atom is -0.486 e. The van der Waals surface area contributed by atoms with Crippen LogP contribution in [0.25, 0.3) is 0 Å². The maximum absolute atomic E-state index is 13.8. The van der Waals surface area contributed by atoms with E-state index in [0.717, 1.165) is 17.3 Å². The lowest BCUT2D eigenvalue weighted by atomic mass is 10.2. The van der Waals surface area contributed by atoms with Crippen molar-refractivity contribution >= 4 is 23.3 Å². The van der Waals surface area contributed by atoms with Crippen molar-refractivity contribution in [3.8, 4) is 5.75 Å². The molecule has 10 heteroatoms. The summed E-state index contributed by atoms with van der Waals surface area (Å²) in [5.41, 5.74) is 2.12. The third-order valence-corrected chi connectivity index (χ3v) is 5.14. The van der Waals surface area contributed by atoms with Crippen LogP contribution in [-0.4, -0.2) is 20.8 Å². The minimum atomic E-state index is -0.851. The largest absolute Gasteiger partial charge is 0.486 e. The summed E-state index contributed by atoms with van der Waals surface area (Å²) in [6.07, 6.45) is 0. The van der Waals surface area contributed by atoms with Crippen molar-refractivity contribution in [2.45, 2.75) is 27.0 Å². The van der Waals surface area contributed by atoms with Crippen LogP contribution in [0.15, 0.2) is 53.1 Å². The van der Waals surface area contributed by atoms with Crippen LogP contribution in [0.2, 0.25) is 5.02 Å². The summed E-state index contributed by atoms with van der Waals surface area (Å²) in [7, 11) is 0. The van der Waals surface area contributed by atoms with Gasteiger partial charge in [-0.2, -0.15) is 5.10 Å². The van der Waals surface area contributed by atoms with E-state index in [-0.39, 0.29) is 18.1 Å². The lowest BCUT2D eigenvalue weighted by molar-refractivity contribution is 0.101. The van der Waals surface area contributed by atoms with Crippen LogP contribution < -0.4 is 10.1 Å². The number of aryl methyl sites for hydroxylation is 2. The second-order valence-electron chi connectivity index (χ2n) is 7.34. The predicted molar refractivity (Wildman–Crippen MR) is 117 cm³/mol. The highest BCUT2D eigenvalue weighted by Crippen LogP contribution is 2.22. The Bertz CT molecular complexity index is 1320. The zero-order valence-electron chi connectivity index (χ0n) is 17.7. The molecule has 170 valence electrons. The monoisotopic (exact) mass is 472 g/mol. The summed E-state index contributed by atoms with van der Waals surface area (Å²) >= 11 is 6.04. The molecule has 0 fully saturated rings. The number of carbonyl (C=O) groups excluding carboxylic acids is 1. The normalized spacial score (nSPS) is 10.9. The molecule has 0 radical (unpaired) electrons. The van der Waals surface area contributed by atoms with Gasteiger partial charge in [0.25, 0.3) is 5.91 Å². The summed E-state index contributed by atoms with van der Waals surface area (Å²) in [5, 5.41) is 11.5. The average Bonchev–Trinajstić information content (AvgIpc) is 3.29. The molecule has 7 nitrogen and oxygen atoms in total. The van der Waals surface area contributed by atoms with E-state index >= 15 is 0 Å². The zero-order valence-corrected chi connectivity index (χ0v) is 18.5.